The molecule has 3 aromatic rings. The van der Waals surface area contributed by atoms with Crippen molar-refractivity contribution in [2.24, 2.45) is 4.99 Å². The Kier molecular flexibility index (Phi) is 4.61. The lowest BCUT2D eigenvalue weighted by molar-refractivity contribution is 0.398. The molecule has 1 aromatic carbocycles. The second-order valence-electron chi connectivity index (χ2n) is 5.30. The highest BCUT2D eigenvalue weighted by Crippen LogP contribution is 2.19. The van der Waals surface area contributed by atoms with Crippen molar-refractivity contribution >= 4 is 11.9 Å². The summed E-state index contributed by atoms with van der Waals surface area (Å²) in [5, 5.41) is 0. The maximum Gasteiger partial charge on any atom is 0.213 e. The van der Waals surface area contributed by atoms with Gasteiger partial charge in [-0.15, -0.1) is 0 Å². The molecule has 0 fully saturated rings. The number of methoxy groups -OCH3 is 2. The van der Waals surface area contributed by atoms with E-state index in [1.54, 1.807) is 26.5 Å². The number of hydrogen-bond donors (Lipinski definition) is 0. The number of nitrogens with zero attached hydrogens (tertiary/aromatic N) is 3. The van der Waals surface area contributed by atoms with Gasteiger partial charge in [-0.1, -0.05) is 0 Å². The van der Waals surface area contributed by atoms with Crippen LogP contribution in [0.15, 0.2) is 59.9 Å². The molecule has 0 saturated heterocycles. The Balaban J connectivity index is 1.80. The Morgan fingerprint density at radius 1 is 1.04 bits per heavy atom. The second kappa shape index (κ2) is 7.00. The van der Waals surface area contributed by atoms with Crippen molar-refractivity contribution < 1.29 is 9.47 Å². The van der Waals surface area contributed by atoms with Gasteiger partial charge in [-0.05, 0) is 43.3 Å². The van der Waals surface area contributed by atoms with E-state index in [1.807, 2.05) is 36.5 Å². The Bertz CT molecular complexity index is 834. The SMILES string of the molecule is COc1ccc(-n2cc(C=Nc3ccc(OC)nc3)cc2C)cc1. The van der Waals surface area contributed by atoms with Gasteiger partial charge in [-0.2, -0.15) is 0 Å². The molecule has 0 atom stereocenters. The summed E-state index contributed by atoms with van der Waals surface area (Å²) < 4.78 is 12.4. The molecule has 0 amide bonds. The predicted molar refractivity (Wildman–Crippen MR) is 95.1 cm³/mol. The number of aryl methyl sites for hydroxylation is 1. The number of hydrogen-bond acceptors (Lipinski definition) is 4. The van der Waals surface area contributed by atoms with Gasteiger partial charge in [0.05, 0.1) is 26.1 Å². The van der Waals surface area contributed by atoms with Gasteiger partial charge in [0.2, 0.25) is 5.88 Å². The van der Waals surface area contributed by atoms with Crippen molar-refractivity contribution in [2.45, 2.75) is 6.92 Å². The molecule has 0 N–H and O–H groups in total. The summed E-state index contributed by atoms with van der Waals surface area (Å²) in [6.45, 7) is 2.07. The molecular weight excluding hydrogens is 302 g/mol. The largest absolute Gasteiger partial charge is 0.497 e. The highest BCUT2D eigenvalue weighted by Gasteiger charge is 2.03. The number of rotatable bonds is 5. The zero-order valence-corrected chi connectivity index (χ0v) is 13.9. The average Bonchev–Trinajstić information content (AvgIpc) is 3.01. The van der Waals surface area contributed by atoms with Gasteiger partial charge in [-0.25, -0.2) is 4.98 Å². The van der Waals surface area contributed by atoms with E-state index in [4.69, 9.17) is 9.47 Å². The summed E-state index contributed by atoms with van der Waals surface area (Å²) in [5.74, 6) is 1.42. The van der Waals surface area contributed by atoms with Gasteiger partial charge in [-0.3, -0.25) is 4.99 Å². The van der Waals surface area contributed by atoms with Crippen molar-refractivity contribution in [3.8, 4) is 17.3 Å². The number of ether oxygens (including phenoxy) is 2. The second-order valence-corrected chi connectivity index (χ2v) is 5.30. The third-order valence-electron chi connectivity index (χ3n) is 3.68. The monoisotopic (exact) mass is 321 g/mol. The lowest BCUT2D eigenvalue weighted by Gasteiger charge is -2.06. The highest BCUT2D eigenvalue weighted by atomic mass is 16.5. The average molecular weight is 321 g/mol. The standard InChI is InChI=1S/C19H19N3O2/c1-14-10-15(11-20-16-4-9-19(24-3)21-12-16)13-22(14)17-5-7-18(23-2)8-6-17/h4-13H,1-3H3. The van der Waals surface area contributed by atoms with E-state index in [-0.39, 0.29) is 0 Å². The van der Waals surface area contributed by atoms with Crippen LogP contribution in [-0.4, -0.2) is 30.0 Å². The van der Waals surface area contributed by atoms with Crippen molar-refractivity contribution in [2.75, 3.05) is 14.2 Å². The Morgan fingerprint density at radius 3 is 2.46 bits per heavy atom. The number of benzene rings is 1. The molecule has 3 rings (SSSR count). The van der Waals surface area contributed by atoms with Gasteiger partial charge in [0.25, 0.3) is 0 Å². The van der Waals surface area contributed by atoms with Gasteiger partial charge in [0.15, 0.2) is 0 Å². The fraction of sp³-hybridized carbons (Fsp3) is 0.158. The fourth-order valence-corrected chi connectivity index (χ4v) is 2.41. The topological polar surface area (TPSA) is 48.6 Å². The molecule has 24 heavy (non-hydrogen) atoms. The molecule has 5 nitrogen and oxygen atoms in total. The van der Waals surface area contributed by atoms with E-state index in [1.165, 1.54) is 0 Å². The Morgan fingerprint density at radius 2 is 1.83 bits per heavy atom. The first-order chi connectivity index (χ1) is 11.7. The summed E-state index contributed by atoms with van der Waals surface area (Å²) in [7, 11) is 3.26. The maximum atomic E-state index is 5.20. The third-order valence-corrected chi connectivity index (χ3v) is 3.68. The smallest absolute Gasteiger partial charge is 0.213 e. The molecule has 2 heterocycles. The molecule has 0 unspecified atom stereocenters. The number of aliphatic imine (C=N–C) groups is 1. The summed E-state index contributed by atoms with van der Waals surface area (Å²) in [5.41, 5.74) is 4.03. The summed E-state index contributed by atoms with van der Waals surface area (Å²) in [6, 6.07) is 13.7. The fourth-order valence-electron chi connectivity index (χ4n) is 2.41. The third kappa shape index (κ3) is 3.46. The summed E-state index contributed by atoms with van der Waals surface area (Å²) >= 11 is 0. The zero-order valence-electron chi connectivity index (χ0n) is 13.9. The molecule has 0 bridgehead atoms. The first-order valence-corrected chi connectivity index (χ1v) is 7.57. The summed E-state index contributed by atoms with van der Waals surface area (Å²) in [6.07, 6.45) is 5.57. The van der Waals surface area contributed by atoms with Crippen molar-refractivity contribution in [1.82, 2.24) is 9.55 Å². The van der Waals surface area contributed by atoms with Gasteiger partial charge < -0.3 is 14.0 Å². The Hall–Kier alpha value is -3.08. The quantitative estimate of drug-likeness (QED) is 0.669. The molecule has 0 spiro atoms. The van der Waals surface area contributed by atoms with Crippen LogP contribution in [-0.2, 0) is 0 Å². The first kappa shape index (κ1) is 15.8. The van der Waals surface area contributed by atoms with Gasteiger partial charge in [0.1, 0.15) is 5.75 Å². The van der Waals surface area contributed by atoms with Crippen molar-refractivity contribution in [3.63, 3.8) is 0 Å². The van der Waals surface area contributed by atoms with E-state index < -0.39 is 0 Å². The normalized spacial score (nSPS) is 11.0. The minimum atomic E-state index is 0.579. The zero-order chi connectivity index (χ0) is 16.9. The van der Waals surface area contributed by atoms with E-state index in [2.05, 4.69) is 33.7 Å². The van der Waals surface area contributed by atoms with Crippen LogP contribution in [0.4, 0.5) is 5.69 Å². The first-order valence-electron chi connectivity index (χ1n) is 7.57. The van der Waals surface area contributed by atoms with Crippen LogP contribution >= 0.6 is 0 Å². The van der Waals surface area contributed by atoms with Crippen LogP contribution in [0.3, 0.4) is 0 Å². The summed E-state index contributed by atoms with van der Waals surface area (Å²) in [4.78, 5) is 8.59. The minimum absolute atomic E-state index is 0.579. The molecule has 122 valence electrons. The molecule has 0 aliphatic heterocycles. The molecule has 0 saturated carbocycles. The molecule has 0 aliphatic rings. The number of aromatic nitrogens is 2. The molecule has 2 aromatic heterocycles. The maximum absolute atomic E-state index is 5.20. The van der Waals surface area contributed by atoms with Crippen LogP contribution in [0.2, 0.25) is 0 Å². The lowest BCUT2D eigenvalue weighted by atomic mass is 10.3. The van der Waals surface area contributed by atoms with Crippen LogP contribution in [0.25, 0.3) is 5.69 Å². The van der Waals surface area contributed by atoms with E-state index in [0.29, 0.717) is 5.88 Å². The van der Waals surface area contributed by atoms with Crippen molar-refractivity contribution in [1.29, 1.82) is 0 Å². The van der Waals surface area contributed by atoms with Crippen LogP contribution < -0.4 is 9.47 Å². The van der Waals surface area contributed by atoms with Crippen molar-refractivity contribution in [3.05, 3.63) is 66.1 Å². The van der Waals surface area contributed by atoms with E-state index >= 15 is 0 Å². The number of pyridine rings is 1. The predicted octanol–water partition coefficient (Wildman–Crippen LogP) is 3.95. The minimum Gasteiger partial charge on any atom is -0.497 e. The van der Waals surface area contributed by atoms with Crippen LogP contribution in [0.1, 0.15) is 11.3 Å². The van der Waals surface area contributed by atoms with Crippen LogP contribution in [0.5, 0.6) is 11.6 Å². The van der Waals surface area contributed by atoms with Gasteiger partial charge in [0, 0.05) is 35.4 Å². The van der Waals surface area contributed by atoms with E-state index in [9.17, 15) is 0 Å². The molecule has 0 aliphatic carbocycles. The lowest BCUT2D eigenvalue weighted by Crippen LogP contribution is -1.94. The Labute approximate surface area is 141 Å². The molecular formula is C19H19N3O2. The van der Waals surface area contributed by atoms with Gasteiger partial charge >= 0.3 is 0 Å². The van der Waals surface area contributed by atoms with Crippen LogP contribution in [0, 0.1) is 6.92 Å². The highest BCUT2D eigenvalue weighted by molar-refractivity contribution is 5.82. The molecule has 5 heteroatoms. The molecule has 0 radical (unpaired) electrons. The van der Waals surface area contributed by atoms with E-state index in [0.717, 1.165) is 28.4 Å².